The van der Waals surface area contributed by atoms with Gasteiger partial charge in [0.1, 0.15) is 11.6 Å². The van der Waals surface area contributed by atoms with E-state index in [0.717, 1.165) is 0 Å². The molecule has 0 spiro atoms. The van der Waals surface area contributed by atoms with Crippen LogP contribution in [0.3, 0.4) is 0 Å². The summed E-state index contributed by atoms with van der Waals surface area (Å²) in [5.41, 5.74) is -0.425. The molecule has 9 heteroatoms. The van der Waals surface area contributed by atoms with Crippen LogP contribution >= 0.6 is 11.8 Å². The van der Waals surface area contributed by atoms with Gasteiger partial charge in [-0.15, -0.1) is 0 Å². The molecule has 3 N–H and O–H groups in total. The first kappa shape index (κ1) is 17.2. The number of thioether (sulfide) groups is 1. The highest BCUT2D eigenvalue weighted by Gasteiger charge is 2.35. The second-order valence-corrected chi connectivity index (χ2v) is 6.59. The highest BCUT2D eigenvalue weighted by atomic mass is 32.2. The summed E-state index contributed by atoms with van der Waals surface area (Å²) in [6, 6.07) is 5.68. The molecule has 1 aromatic heterocycles. The number of fused-ring (bicyclic) bond motifs is 1. The maximum Gasteiger partial charge on any atom is 0.257 e. The second-order valence-electron chi connectivity index (χ2n) is 5.34. The largest absolute Gasteiger partial charge is 0.323 e. The van der Waals surface area contributed by atoms with Crippen molar-refractivity contribution in [1.82, 2.24) is 9.97 Å². The van der Waals surface area contributed by atoms with Crippen LogP contribution in [0.1, 0.15) is 24.8 Å². The summed E-state index contributed by atoms with van der Waals surface area (Å²) >= 11 is 1.31. The van der Waals surface area contributed by atoms with Gasteiger partial charge in [-0.3, -0.25) is 14.4 Å². The van der Waals surface area contributed by atoms with Gasteiger partial charge < -0.3 is 15.6 Å². The zero-order valence-corrected chi connectivity index (χ0v) is 14.1. The first-order chi connectivity index (χ1) is 12.0. The Morgan fingerprint density at radius 3 is 2.88 bits per heavy atom. The highest BCUT2D eigenvalue weighted by Crippen LogP contribution is 2.30. The Morgan fingerprint density at radius 2 is 2.16 bits per heavy atom. The van der Waals surface area contributed by atoms with Crippen molar-refractivity contribution < 1.29 is 14.0 Å². The molecule has 2 amide bonds. The van der Waals surface area contributed by atoms with Crippen molar-refractivity contribution in [3.8, 4) is 0 Å². The number of carbonyl (C=O) groups is 2. The number of aromatic amines is 1. The van der Waals surface area contributed by atoms with E-state index in [4.69, 9.17) is 0 Å². The highest BCUT2D eigenvalue weighted by molar-refractivity contribution is 7.99. The van der Waals surface area contributed by atoms with Gasteiger partial charge in [-0.1, -0.05) is 30.8 Å². The fourth-order valence-electron chi connectivity index (χ4n) is 2.56. The number of para-hydroxylation sites is 1. The molecule has 0 radical (unpaired) electrons. The van der Waals surface area contributed by atoms with E-state index in [0.29, 0.717) is 10.9 Å². The minimum absolute atomic E-state index is 0.0115. The Kier molecular flexibility index (Phi) is 4.84. The Balaban J connectivity index is 1.96. The van der Waals surface area contributed by atoms with Crippen molar-refractivity contribution in [1.29, 1.82) is 0 Å². The van der Waals surface area contributed by atoms with Gasteiger partial charge in [0.05, 0.1) is 17.2 Å². The standard InChI is InChI=1S/C16H15FN4O3S/c1-2-25-16-20-13-12(15(24)21-16)8(7-11(22)19-13)14(23)18-10-6-4-3-5-9(10)17/h3-6,8H,2,7H2,1H3,(H,18,23)(H2,19,20,21,22,24). The molecule has 1 atom stereocenters. The molecule has 1 aliphatic heterocycles. The van der Waals surface area contributed by atoms with Gasteiger partial charge in [0.25, 0.3) is 5.56 Å². The van der Waals surface area contributed by atoms with Gasteiger partial charge in [0.15, 0.2) is 5.16 Å². The van der Waals surface area contributed by atoms with Crippen LogP contribution in [0.4, 0.5) is 15.9 Å². The van der Waals surface area contributed by atoms with E-state index in [-0.39, 0.29) is 23.5 Å². The third kappa shape index (κ3) is 3.55. The molecular weight excluding hydrogens is 347 g/mol. The average molecular weight is 362 g/mol. The summed E-state index contributed by atoms with van der Waals surface area (Å²) in [6.07, 6.45) is -0.210. The molecule has 7 nitrogen and oxygen atoms in total. The van der Waals surface area contributed by atoms with Gasteiger partial charge in [0, 0.05) is 6.42 Å². The van der Waals surface area contributed by atoms with E-state index in [9.17, 15) is 18.8 Å². The number of rotatable bonds is 4. The van der Waals surface area contributed by atoms with Gasteiger partial charge in [0.2, 0.25) is 11.8 Å². The molecule has 2 heterocycles. The normalized spacial score (nSPS) is 16.1. The number of H-pyrrole nitrogens is 1. The number of aromatic nitrogens is 2. The van der Waals surface area contributed by atoms with Gasteiger partial charge in [-0.25, -0.2) is 9.37 Å². The van der Waals surface area contributed by atoms with E-state index < -0.39 is 29.1 Å². The summed E-state index contributed by atoms with van der Waals surface area (Å²) in [5, 5.41) is 5.31. The lowest BCUT2D eigenvalue weighted by atomic mass is 9.92. The zero-order chi connectivity index (χ0) is 18.0. The summed E-state index contributed by atoms with van der Waals surface area (Å²) in [4.78, 5) is 43.6. The number of benzene rings is 1. The Bertz CT molecular complexity index is 899. The summed E-state index contributed by atoms with van der Waals surface area (Å²) in [7, 11) is 0. The lowest BCUT2D eigenvalue weighted by molar-refractivity contribution is -0.123. The van der Waals surface area contributed by atoms with Crippen molar-refractivity contribution in [2.75, 3.05) is 16.4 Å². The molecule has 1 unspecified atom stereocenters. The number of anilines is 2. The quantitative estimate of drug-likeness (QED) is 0.571. The third-order valence-electron chi connectivity index (χ3n) is 3.66. The molecule has 1 aliphatic rings. The molecule has 130 valence electrons. The van der Waals surface area contributed by atoms with Crippen LogP contribution in [0.5, 0.6) is 0 Å². The van der Waals surface area contributed by atoms with Crippen molar-refractivity contribution in [3.63, 3.8) is 0 Å². The topological polar surface area (TPSA) is 104 Å². The smallest absolute Gasteiger partial charge is 0.257 e. The molecule has 0 saturated carbocycles. The fraction of sp³-hybridized carbons (Fsp3) is 0.250. The molecule has 0 bridgehead atoms. The predicted octanol–water partition coefficient (Wildman–Crippen LogP) is 2.09. The minimum Gasteiger partial charge on any atom is -0.323 e. The summed E-state index contributed by atoms with van der Waals surface area (Å²) in [6.45, 7) is 1.90. The van der Waals surface area contributed by atoms with E-state index in [1.54, 1.807) is 6.07 Å². The van der Waals surface area contributed by atoms with Crippen LogP contribution in [0.25, 0.3) is 0 Å². The Labute approximate surface area is 146 Å². The Morgan fingerprint density at radius 1 is 1.40 bits per heavy atom. The number of hydrogen-bond donors (Lipinski definition) is 3. The van der Waals surface area contributed by atoms with Crippen molar-refractivity contribution in [2.45, 2.75) is 24.4 Å². The van der Waals surface area contributed by atoms with Crippen molar-refractivity contribution >= 4 is 35.1 Å². The first-order valence-corrected chi connectivity index (χ1v) is 8.60. The average Bonchev–Trinajstić information content (AvgIpc) is 2.56. The van der Waals surface area contributed by atoms with Crippen LogP contribution in [0.15, 0.2) is 34.2 Å². The summed E-state index contributed by atoms with van der Waals surface area (Å²) < 4.78 is 13.7. The molecule has 3 rings (SSSR count). The number of amides is 2. The maximum absolute atomic E-state index is 13.7. The molecular formula is C16H15FN4O3S. The molecule has 0 aliphatic carbocycles. The monoisotopic (exact) mass is 362 g/mol. The molecule has 1 aromatic carbocycles. The lowest BCUT2D eigenvalue weighted by Gasteiger charge is -2.23. The fourth-order valence-corrected chi connectivity index (χ4v) is 3.16. The third-order valence-corrected chi connectivity index (χ3v) is 4.41. The Hall–Kier alpha value is -2.68. The predicted molar refractivity (Wildman–Crippen MR) is 92.3 cm³/mol. The molecule has 2 aromatic rings. The van der Waals surface area contributed by atoms with Crippen LogP contribution in [-0.4, -0.2) is 27.5 Å². The van der Waals surface area contributed by atoms with Crippen LogP contribution in [0, 0.1) is 5.82 Å². The number of nitrogens with one attached hydrogen (secondary N) is 3. The molecule has 0 saturated heterocycles. The number of carbonyl (C=O) groups excluding carboxylic acids is 2. The zero-order valence-electron chi connectivity index (χ0n) is 13.3. The van der Waals surface area contributed by atoms with Crippen molar-refractivity contribution in [3.05, 3.63) is 46.0 Å². The molecule has 25 heavy (non-hydrogen) atoms. The van der Waals surface area contributed by atoms with Crippen LogP contribution in [-0.2, 0) is 9.59 Å². The van der Waals surface area contributed by atoms with Crippen LogP contribution in [0.2, 0.25) is 0 Å². The van der Waals surface area contributed by atoms with E-state index in [1.807, 2.05) is 6.92 Å². The second kappa shape index (κ2) is 7.06. The number of hydrogen-bond acceptors (Lipinski definition) is 5. The van der Waals surface area contributed by atoms with Gasteiger partial charge in [-0.05, 0) is 17.9 Å². The maximum atomic E-state index is 13.7. The summed E-state index contributed by atoms with van der Waals surface area (Å²) in [5.74, 6) is -1.94. The van der Waals surface area contributed by atoms with E-state index in [1.165, 1.54) is 30.0 Å². The lowest BCUT2D eigenvalue weighted by Crippen LogP contribution is -2.36. The van der Waals surface area contributed by atoms with Crippen LogP contribution < -0.4 is 16.2 Å². The first-order valence-electron chi connectivity index (χ1n) is 7.61. The van der Waals surface area contributed by atoms with Crippen molar-refractivity contribution in [2.24, 2.45) is 0 Å². The van der Waals surface area contributed by atoms with E-state index in [2.05, 4.69) is 20.6 Å². The number of halogens is 1. The minimum atomic E-state index is -1.04. The number of nitrogens with zero attached hydrogens (tertiary/aromatic N) is 1. The van der Waals surface area contributed by atoms with E-state index >= 15 is 0 Å². The van der Waals surface area contributed by atoms with Gasteiger partial charge >= 0.3 is 0 Å². The molecule has 0 fully saturated rings. The SMILES string of the molecule is CCSc1nc2c(c(=O)[nH]1)C(C(=O)Nc1ccccc1F)CC(=O)N2. The van der Waals surface area contributed by atoms with Gasteiger partial charge in [-0.2, -0.15) is 0 Å².